The molecule has 1 aromatic carbocycles. The number of hydrogen-bond acceptors (Lipinski definition) is 2. The summed E-state index contributed by atoms with van der Waals surface area (Å²) in [5, 5.41) is 7.70. The van der Waals surface area contributed by atoms with Crippen LogP contribution in [0, 0.1) is 0 Å². The van der Waals surface area contributed by atoms with Gasteiger partial charge in [-0.25, -0.2) is 4.68 Å². The van der Waals surface area contributed by atoms with E-state index in [2.05, 4.69) is 10.3 Å². The molecular weight excluding hydrogens is 291 g/mol. The van der Waals surface area contributed by atoms with E-state index in [-0.39, 0.29) is 17.5 Å². The fourth-order valence-electron chi connectivity index (χ4n) is 2.07. The first-order valence-electron chi connectivity index (χ1n) is 6.03. The van der Waals surface area contributed by atoms with Crippen molar-refractivity contribution < 1.29 is 13.2 Å². The molecule has 0 aliphatic carbocycles. The molecular formula is C13H13ClF3N3. The fourth-order valence-corrected chi connectivity index (χ4v) is 2.26. The third-order valence-corrected chi connectivity index (χ3v) is 3.14. The van der Waals surface area contributed by atoms with Crippen LogP contribution < -0.4 is 0 Å². The minimum Gasteiger partial charge on any atom is -0.216 e. The summed E-state index contributed by atoms with van der Waals surface area (Å²) in [4.78, 5) is 0. The van der Waals surface area contributed by atoms with Gasteiger partial charge in [0, 0.05) is 0 Å². The molecule has 3 nitrogen and oxygen atoms in total. The van der Waals surface area contributed by atoms with E-state index in [1.54, 1.807) is 0 Å². The Labute approximate surface area is 119 Å². The molecule has 0 radical (unpaired) electrons. The highest BCUT2D eigenvalue weighted by Crippen LogP contribution is 2.35. The Morgan fingerprint density at radius 3 is 2.45 bits per heavy atom. The molecule has 0 aliphatic heterocycles. The van der Waals surface area contributed by atoms with Crippen molar-refractivity contribution in [3.63, 3.8) is 0 Å². The van der Waals surface area contributed by atoms with Crippen molar-refractivity contribution >= 4 is 11.6 Å². The zero-order valence-electron chi connectivity index (χ0n) is 10.9. The van der Waals surface area contributed by atoms with Crippen molar-refractivity contribution in [3.8, 4) is 5.69 Å². The van der Waals surface area contributed by atoms with Crippen molar-refractivity contribution in [2.24, 2.45) is 0 Å². The van der Waals surface area contributed by atoms with Crippen LogP contribution in [0.1, 0.15) is 36.7 Å². The SMILES string of the molecule is CC(C)c1c(CCl)nnn1-c1ccccc1C(F)(F)F. The zero-order valence-corrected chi connectivity index (χ0v) is 11.7. The van der Waals surface area contributed by atoms with Crippen LogP contribution in [-0.4, -0.2) is 15.0 Å². The van der Waals surface area contributed by atoms with Crippen LogP contribution in [-0.2, 0) is 12.1 Å². The first-order valence-corrected chi connectivity index (χ1v) is 6.56. The molecule has 2 aromatic rings. The molecule has 0 spiro atoms. The normalized spacial score (nSPS) is 12.2. The smallest absolute Gasteiger partial charge is 0.216 e. The van der Waals surface area contributed by atoms with Crippen molar-refractivity contribution in [2.45, 2.75) is 31.8 Å². The monoisotopic (exact) mass is 303 g/mol. The highest BCUT2D eigenvalue weighted by molar-refractivity contribution is 6.16. The standard InChI is InChI=1S/C13H13ClF3N3/c1-8(2)12-10(7-14)18-19-20(12)11-6-4-3-5-9(11)13(15,16)17/h3-6,8H,7H2,1-2H3. The van der Waals surface area contributed by atoms with Crippen LogP contribution >= 0.6 is 11.6 Å². The Morgan fingerprint density at radius 2 is 1.90 bits per heavy atom. The van der Waals surface area contributed by atoms with E-state index in [1.807, 2.05) is 13.8 Å². The highest BCUT2D eigenvalue weighted by Gasteiger charge is 2.34. The minimum atomic E-state index is -4.45. The zero-order chi connectivity index (χ0) is 14.9. The van der Waals surface area contributed by atoms with Gasteiger partial charge in [0.15, 0.2) is 0 Å². The minimum absolute atomic E-state index is 0.0347. The van der Waals surface area contributed by atoms with Gasteiger partial charge in [-0.3, -0.25) is 0 Å². The molecule has 0 unspecified atom stereocenters. The van der Waals surface area contributed by atoms with Crippen LogP contribution in [0.2, 0.25) is 0 Å². The van der Waals surface area contributed by atoms with Gasteiger partial charge < -0.3 is 0 Å². The molecule has 0 saturated heterocycles. The van der Waals surface area contributed by atoms with Crippen LogP contribution in [0.3, 0.4) is 0 Å². The lowest BCUT2D eigenvalue weighted by Crippen LogP contribution is -2.14. The summed E-state index contributed by atoms with van der Waals surface area (Å²) in [5.74, 6) is 0.0712. The number of halogens is 4. The molecule has 0 amide bonds. The van der Waals surface area contributed by atoms with Crippen LogP contribution in [0.25, 0.3) is 5.69 Å². The molecule has 7 heteroatoms. The summed E-state index contributed by atoms with van der Waals surface area (Å²) in [5.41, 5.74) is 0.316. The van der Waals surface area contributed by atoms with Crippen LogP contribution in [0.4, 0.5) is 13.2 Å². The number of rotatable bonds is 3. The molecule has 20 heavy (non-hydrogen) atoms. The van der Waals surface area contributed by atoms with E-state index < -0.39 is 11.7 Å². The molecule has 0 saturated carbocycles. The summed E-state index contributed by atoms with van der Waals surface area (Å²) in [6, 6.07) is 5.29. The summed E-state index contributed by atoms with van der Waals surface area (Å²) < 4.78 is 40.4. The second-order valence-corrected chi connectivity index (χ2v) is 4.90. The second-order valence-electron chi connectivity index (χ2n) is 4.64. The third-order valence-electron chi connectivity index (χ3n) is 2.89. The first kappa shape index (κ1) is 14.8. The van der Waals surface area contributed by atoms with E-state index in [0.29, 0.717) is 11.4 Å². The molecule has 2 rings (SSSR count). The molecule has 1 heterocycles. The summed E-state index contributed by atoms with van der Waals surface area (Å²) in [6.07, 6.45) is -4.45. The number of para-hydroxylation sites is 1. The molecule has 0 aliphatic rings. The van der Waals surface area contributed by atoms with Gasteiger partial charge >= 0.3 is 6.18 Å². The van der Waals surface area contributed by atoms with Crippen LogP contribution in [0.15, 0.2) is 24.3 Å². The lowest BCUT2D eigenvalue weighted by Gasteiger charge is -2.15. The lowest BCUT2D eigenvalue weighted by molar-refractivity contribution is -0.137. The summed E-state index contributed by atoms with van der Waals surface area (Å²) >= 11 is 5.77. The third kappa shape index (κ3) is 2.65. The van der Waals surface area contributed by atoms with Gasteiger partial charge in [-0.2, -0.15) is 13.2 Å². The fraction of sp³-hybridized carbons (Fsp3) is 0.385. The summed E-state index contributed by atoms with van der Waals surface area (Å²) in [7, 11) is 0. The Morgan fingerprint density at radius 1 is 1.25 bits per heavy atom. The Kier molecular flexibility index (Phi) is 4.04. The number of aromatic nitrogens is 3. The largest absolute Gasteiger partial charge is 0.418 e. The molecule has 108 valence electrons. The van der Waals surface area contributed by atoms with Gasteiger partial charge in [-0.05, 0) is 18.1 Å². The maximum atomic E-state index is 13.1. The maximum Gasteiger partial charge on any atom is 0.418 e. The number of alkyl halides is 4. The van der Waals surface area contributed by atoms with E-state index in [1.165, 1.54) is 22.9 Å². The number of nitrogens with zero attached hydrogens (tertiary/aromatic N) is 3. The topological polar surface area (TPSA) is 30.7 Å². The van der Waals surface area contributed by atoms with Gasteiger partial charge in [0.25, 0.3) is 0 Å². The predicted molar refractivity (Wildman–Crippen MR) is 70.0 cm³/mol. The first-order chi connectivity index (χ1) is 9.36. The molecule has 0 bridgehead atoms. The van der Waals surface area contributed by atoms with E-state index >= 15 is 0 Å². The molecule has 1 aromatic heterocycles. The summed E-state index contributed by atoms with van der Waals surface area (Å²) in [6.45, 7) is 3.73. The predicted octanol–water partition coefficient (Wildman–Crippen LogP) is 4.15. The van der Waals surface area contributed by atoms with E-state index in [0.717, 1.165) is 6.07 Å². The van der Waals surface area contributed by atoms with Gasteiger partial charge in [-0.15, -0.1) is 16.7 Å². The molecule has 0 N–H and O–H groups in total. The second kappa shape index (κ2) is 5.44. The Bertz CT molecular complexity index is 605. The average Bonchev–Trinajstić information content (AvgIpc) is 2.81. The van der Waals surface area contributed by atoms with E-state index in [4.69, 9.17) is 11.6 Å². The van der Waals surface area contributed by atoms with E-state index in [9.17, 15) is 13.2 Å². The Balaban J connectivity index is 2.67. The van der Waals surface area contributed by atoms with Crippen molar-refractivity contribution in [3.05, 3.63) is 41.2 Å². The molecule has 0 fully saturated rings. The lowest BCUT2D eigenvalue weighted by atomic mass is 10.1. The van der Waals surface area contributed by atoms with Crippen molar-refractivity contribution in [2.75, 3.05) is 0 Å². The number of benzene rings is 1. The van der Waals surface area contributed by atoms with Gasteiger partial charge in [0.1, 0.15) is 5.69 Å². The van der Waals surface area contributed by atoms with Crippen molar-refractivity contribution in [1.82, 2.24) is 15.0 Å². The highest BCUT2D eigenvalue weighted by atomic mass is 35.5. The number of hydrogen-bond donors (Lipinski definition) is 0. The average molecular weight is 304 g/mol. The molecule has 0 atom stereocenters. The van der Waals surface area contributed by atoms with Gasteiger partial charge in [-0.1, -0.05) is 31.2 Å². The van der Waals surface area contributed by atoms with Gasteiger partial charge in [0.05, 0.1) is 22.8 Å². The maximum absolute atomic E-state index is 13.1. The quantitative estimate of drug-likeness (QED) is 0.798. The Hall–Kier alpha value is -1.56. The van der Waals surface area contributed by atoms with Gasteiger partial charge in [0.2, 0.25) is 0 Å². The van der Waals surface area contributed by atoms with Crippen molar-refractivity contribution in [1.29, 1.82) is 0 Å². The van der Waals surface area contributed by atoms with Crippen LogP contribution in [0.5, 0.6) is 0 Å².